The highest BCUT2D eigenvalue weighted by Gasteiger charge is 2.38. The number of carboxylic acid groups (broad SMARTS) is 1. The molecule has 2 aromatic rings. The first-order valence-corrected chi connectivity index (χ1v) is 16.0. The highest BCUT2D eigenvalue weighted by atomic mass is 35.5. The number of anilines is 1. The molecule has 47 heavy (non-hydrogen) atoms. The van der Waals surface area contributed by atoms with E-state index < -0.39 is 52.6 Å². The molecule has 2 aromatic carbocycles. The lowest BCUT2D eigenvalue weighted by Crippen LogP contribution is -2.56. The number of carbonyl (C=O) groups is 5. The normalized spacial score (nSPS) is 17.7. The van der Waals surface area contributed by atoms with E-state index in [2.05, 4.69) is 16.0 Å². The summed E-state index contributed by atoms with van der Waals surface area (Å²) in [6.45, 7) is 4.28. The monoisotopic (exact) mass is 695 g/mol. The summed E-state index contributed by atoms with van der Waals surface area (Å²) < 4.78 is 28.9. The van der Waals surface area contributed by atoms with Crippen LogP contribution < -0.4 is 16.0 Å². The molecule has 11 nitrogen and oxygen atoms in total. The van der Waals surface area contributed by atoms with Crippen LogP contribution in [-0.4, -0.2) is 75.3 Å². The van der Waals surface area contributed by atoms with Gasteiger partial charge in [-0.15, -0.1) is 0 Å². The first-order chi connectivity index (χ1) is 22.2. The predicted octanol–water partition coefficient (Wildman–Crippen LogP) is 4.88. The number of fused-ring (bicyclic) bond motifs is 1. The highest BCUT2D eigenvalue weighted by Crippen LogP contribution is 2.31. The van der Waals surface area contributed by atoms with Gasteiger partial charge in [0.05, 0.1) is 15.7 Å². The molecule has 1 saturated heterocycles. The third-order valence-corrected chi connectivity index (χ3v) is 9.34. The lowest BCUT2D eigenvalue weighted by Gasteiger charge is -2.42. The van der Waals surface area contributed by atoms with Crippen LogP contribution in [0, 0.1) is 11.6 Å². The molecule has 254 valence electrons. The Labute approximate surface area is 280 Å². The molecular weight excluding hydrogens is 659 g/mol. The number of nitrogens with one attached hydrogen (secondary N) is 3. The Bertz CT molecular complexity index is 1560. The molecule has 0 bridgehead atoms. The van der Waals surface area contributed by atoms with Gasteiger partial charge in [-0.3, -0.25) is 19.2 Å². The van der Waals surface area contributed by atoms with E-state index in [0.717, 1.165) is 19.3 Å². The minimum atomic E-state index is -1.39. The number of benzene rings is 2. The number of hydrogen-bond donors (Lipinski definition) is 4. The fraction of sp³-hybridized carbons (Fsp3) is 0.469. The van der Waals surface area contributed by atoms with Crippen molar-refractivity contribution in [1.29, 1.82) is 0 Å². The molecular formula is C32H37Cl2F2N5O6. The van der Waals surface area contributed by atoms with Gasteiger partial charge < -0.3 is 30.9 Å². The Kier molecular flexibility index (Phi) is 11.7. The van der Waals surface area contributed by atoms with E-state index in [0.29, 0.717) is 17.7 Å². The zero-order valence-corrected chi connectivity index (χ0v) is 27.5. The van der Waals surface area contributed by atoms with Crippen molar-refractivity contribution in [2.24, 2.45) is 0 Å². The van der Waals surface area contributed by atoms with Crippen molar-refractivity contribution in [3.05, 3.63) is 63.1 Å². The average Bonchev–Trinajstić information content (AvgIpc) is 3.02. The molecule has 0 aromatic heterocycles. The summed E-state index contributed by atoms with van der Waals surface area (Å²) in [7, 11) is 0. The molecule has 0 radical (unpaired) electrons. The molecule has 0 spiro atoms. The summed E-state index contributed by atoms with van der Waals surface area (Å²) in [4.78, 5) is 68.0. The second-order valence-corrected chi connectivity index (χ2v) is 13.0. The minimum Gasteiger partial charge on any atom is -0.465 e. The van der Waals surface area contributed by atoms with Gasteiger partial charge in [0.25, 0.3) is 0 Å². The Morgan fingerprint density at radius 3 is 2.45 bits per heavy atom. The Balaban J connectivity index is 1.54. The molecule has 2 aliphatic rings. The zero-order valence-electron chi connectivity index (χ0n) is 26.0. The largest absolute Gasteiger partial charge is 0.465 e. The maximum atomic E-state index is 14.7. The smallest absolute Gasteiger partial charge is 0.404 e. The van der Waals surface area contributed by atoms with Crippen molar-refractivity contribution in [3.63, 3.8) is 0 Å². The van der Waals surface area contributed by atoms with E-state index in [1.54, 1.807) is 4.90 Å². The molecule has 4 N–H and O–H groups in total. The van der Waals surface area contributed by atoms with E-state index >= 15 is 0 Å². The number of hydrogen-bond acceptors (Lipinski definition) is 5. The lowest BCUT2D eigenvalue weighted by atomic mass is 9.90. The van der Waals surface area contributed by atoms with Gasteiger partial charge in [0.2, 0.25) is 23.6 Å². The summed E-state index contributed by atoms with van der Waals surface area (Å²) in [5.74, 6) is -3.85. The molecule has 2 aliphatic heterocycles. The van der Waals surface area contributed by atoms with E-state index in [4.69, 9.17) is 28.3 Å². The number of piperidine rings is 1. The predicted molar refractivity (Wildman–Crippen MR) is 171 cm³/mol. The Hall–Kier alpha value is -3.97. The van der Waals surface area contributed by atoms with Gasteiger partial charge in [-0.25, -0.2) is 13.6 Å². The number of carbonyl (C=O) groups excluding carboxylic acids is 4. The van der Waals surface area contributed by atoms with Crippen LogP contribution in [0.2, 0.25) is 10.0 Å². The molecule has 0 saturated carbocycles. The van der Waals surface area contributed by atoms with Crippen LogP contribution in [0.15, 0.2) is 30.3 Å². The van der Waals surface area contributed by atoms with E-state index in [-0.39, 0.29) is 60.9 Å². The van der Waals surface area contributed by atoms with Gasteiger partial charge in [-0.2, -0.15) is 0 Å². The topological polar surface area (TPSA) is 148 Å². The van der Waals surface area contributed by atoms with Crippen LogP contribution in [0.3, 0.4) is 0 Å². The molecule has 4 rings (SSSR count). The molecule has 5 amide bonds. The molecule has 2 unspecified atom stereocenters. The first kappa shape index (κ1) is 35.9. The maximum absolute atomic E-state index is 14.7. The van der Waals surface area contributed by atoms with Crippen LogP contribution in [0.25, 0.3) is 0 Å². The summed E-state index contributed by atoms with van der Waals surface area (Å²) in [6.07, 6.45) is 0.811. The second kappa shape index (κ2) is 15.3. The number of rotatable bonds is 10. The fourth-order valence-corrected chi connectivity index (χ4v) is 6.28. The number of nitrogens with zero attached hydrogens (tertiary/aromatic N) is 2. The van der Waals surface area contributed by atoms with Crippen molar-refractivity contribution >= 4 is 58.6 Å². The number of amides is 5. The molecule has 15 heteroatoms. The van der Waals surface area contributed by atoms with Gasteiger partial charge in [0, 0.05) is 44.4 Å². The van der Waals surface area contributed by atoms with E-state index in [9.17, 15) is 32.8 Å². The van der Waals surface area contributed by atoms with Crippen molar-refractivity contribution < 1.29 is 37.9 Å². The van der Waals surface area contributed by atoms with Crippen LogP contribution >= 0.6 is 23.2 Å². The van der Waals surface area contributed by atoms with Gasteiger partial charge >= 0.3 is 6.09 Å². The third kappa shape index (κ3) is 8.89. The van der Waals surface area contributed by atoms with E-state index in [1.165, 1.54) is 35.2 Å². The summed E-state index contributed by atoms with van der Waals surface area (Å²) in [5.41, 5.74) is 0.463. The first-order valence-electron chi connectivity index (χ1n) is 15.3. The summed E-state index contributed by atoms with van der Waals surface area (Å²) in [6, 6.07) is 3.91. The van der Waals surface area contributed by atoms with Crippen molar-refractivity contribution in [2.45, 2.75) is 83.0 Å². The van der Waals surface area contributed by atoms with Gasteiger partial charge in [0.15, 0.2) is 5.82 Å². The third-order valence-electron chi connectivity index (χ3n) is 8.56. The summed E-state index contributed by atoms with van der Waals surface area (Å²) in [5, 5.41) is 15.5. The lowest BCUT2D eigenvalue weighted by molar-refractivity contribution is -0.145. The zero-order chi connectivity index (χ0) is 34.5. The molecule has 2 atom stereocenters. The quantitative estimate of drug-likeness (QED) is 0.261. The maximum Gasteiger partial charge on any atom is 0.404 e. The Morgan fingerprint density at radius 1 is 1.02 bits per heavy atom. The van der Waals surface area contributed by atoms with Crippen molar-refractivity contribution in [1.82, 2.24) is 20.4 Å². The van der Waals surface area contributed by atoms with Crippen LogP contribution in [-0.2, 0) is 32.1 Å². The second-order valence-electron chi connectivity index (χ2n) is 12.3. The van der Waals surface area contributed by atoms with Gasteiger partial charge in [-0.1, -0.05) is 29.3 Å². The average molecular weight is 697 g/mol. The summed E-state index contributed by atoms with van der Waals surface area (Å²) >= 11 is 11.7. The molecule has 0 aliphatic carbocycles. The molecule has 2 heterocycles. The minimum absolute atomic E-state index is 0.0398. The van der Waals surface area contributed by atoms with Crippen LogP contribution in [0.1, 0.15) is 63.5 Å². The fourth-order valence-electron chi connectivity index (χ4n) is 5.97. The number of halogens is 4. The van der Waals surface area contributed by atoms with Crippen molar-refractivity contribution in [3.8, 4) is 0 Å². The van der Waals surface area contributed by atoms with Gasteiger partial charge in [0.1, 0.15) is 17.9 Å². The Morgan fingerprint density at radius 2 is 1.74 bits per heavy atom. The van der Waals surface area contributed by atoms with Crippen LogP contribution in [0.4, 0.5) is 19.3 Å². The molecule has 1 fully saturated rings. The van der Waals surface area contributed by atoms with Gasteiger partial charge in [-0.05, 0) is 74.9 Å². The SMILES string of the molecule is CC1(C)CCCCN1C(=O)CCC(=O)N1Cc2ccc(F)cc2CC1C(=O)NC(CCNC(=O)O)C(=O)Nc1ccc(Cl)c(Cl)c1F. The number of likely N-dealkylation sites (tertiary alicyclic amines) is 1. The standard InChI is InChI=1S/C32H37Cl2F2N5O6/c1-32(2)12-3-4-14-41(32)26(43)10-9-25(42)40-17-18-5-6-20(35)15-19(18)16-24(40)30(45)39-23(11-13-37-31(46)47)29(44)38-22-8-7-21(33)27(34)28(22)36/h5-8,15,23-24,37H,3-4,9-14,16-17H2,1-2H3,(H,38,44)(H,39,45)(H,46,47). The van der Waals surface area contributed by atoms with E-state index in [1.807, 2.05) is 13.8 Å². The van der Waals surface area contributed by atoms with Crippen molar-refractivity contribution in [2.75, 3.05) is 18.4 Å². The highest BCUT2D eigenvalue weighted by molar-refractivity contribution is 6.42. The van der Waals surface area contributed by atoms with Crippen LogP contribution in [0.5, 0.6) is 0 Å².